The molecule has 6 heterocycles. The predicted molar refractivity (Wildman–Crippen MR) is 282 cm³/mol. The van der Waals surface area contributed by atoms with E-state index in [9.17, 15) is 36.7 Å². The van der Waals surface area contributed by atoms with Crippen molar-refractivity contribution in [3.8, 4) is 0 Å². The number of carboxylic acids is 2. The molecule has 4 aliphatic heterocycles. The number of aromatic nitrogens is 2. The van der Waals surface area contributed by atoms with Crippen molar-refractivity contribution >= 4 is 85.8 Å². The number of thiazole rings is 2. The Morgan fingerprint density at radius 3 is 1.54 bits per heavy atom. The van der Waals surface area contributed by atoms with Gasteiger partial charge in [0.15, 0.2) is 21.7 Å². The highest BCUT2D eigenvalue weighted by atomic mass is 79.9. The number of aliphatic carboxylic acids is 2. The second-order valence-electron chi connectivity index (χ2n) is 18.7. The molecule has 4 aliphatic rings. The number of nitrogens with zero attached hydrogens (tertiary/aromatic N) is 8. The highest BCUT2D eigenvalue weighted by molar-refractivity contribution is 9.10. The van der Waals surface area contributed by atoms with Crippen LogP contribution in [0.3, 0.4) is 0 Å². The smallest absolute Gasteiger partial charge is 0.338 e. The first-order valence-corrected chi connectivity index (χ1v) is 27.1. The normalized spacial score (nSPS) is 21.2. The van der Waals surface area contributed by atoms with E-state index in [1.807, 2.05) is 0 Å². The van der Waals surface area contributed by atoms with Crippen LogP contribution in [0.2, 0.25) is 5.02 Å². The summed E-state index contributed by atoms with van der Waals surface area (Å²) >= 11 is 12.3. The third-order valence-electron chi connectivity index (χ3n) is 12.7. The molecule has 78 heavy (non-hydrogen) atoms. The third-order valence-corrected chi connectivity index (χ3v) is 15.3. The lowest BCUT2D eigenvalue weighted by Gasteiger charge is -2.29. The van der Waals surface area contributed by atoms with Crippen molar-refractivity contribution in [3.05, 3.63) is 124 Å². The minimum atomic E-state index is -3.09. The number of ether oxygens (including phenoxy) is 2. The number of likely N-dealkylation sites (tertiary alicyclic amines) is 2. The van der Waals surface area contributed by atoms with Crippen LogP contribution in [0.15, 0.2) is 96.5 Å². The third kappa shape index (κ3) is 14.9. The lowest BCUT2D eigenvalue weighted by Crippen LogP contribution is -2.39. The molecule has 2 fully saturated rings. The predicted octanol–water partition coefficient (Wildman–Crippen LogP) is 6.96. The molecule has 0 saturated carbocycles. The number of benzene rings is 2. The molecule has 4 atom stereocenters. The number of aliphatic imine (C=N–C) groups is 2. The van der Waals surface area contributed by atoms with Gasteiger partial charge in [-0.15, -0.1) is 22.7 Å². The highest BCUT2D eigenvalue weighted by Crippen LogP contribution is 2.41. The van der Waals surface area contributed by atoms with E-state index in [0.717, 1.165) is 6.07 Å². The van der Waals surface area contributed by atoms with E-state index in [-0.39, 0.29) is 87.4 Å². The summed E-state index contributed by atoms with van der Waals surface area (Å²) in [7, 11) is 2.96. The van der Waals surface area contributed by atoms with Gasteiger partial charge in [0.25, 0.3) is 11.8 Å². The maximum Gasteiger partial charge on any atom is 0.338 e. The van der Waals surface area contributed by atoms with Crippen molar-refractivity contribution in [1.29, 1.82) is 0 Å². The van der Waals surface area contributed by atoms with Crippen LogP contribution in [0.1, 0.15) is 47.1 Å². The number of hydrogen-bond acceptors (Lipinski definition) is 18. The van der Waals surface area contributed by atoms with Gasteiger partial charge in [-0.2, -0.15) is 0 Å². The zero-order valence-corrected chi connectivity index (χ0v) is 46.3. The lowest BCUT2D eigenvalue weighted by atomic mass is 9.95. The molecule has 4 aromatic rings. The SMILES string of the molecule is CCOC(=O)C1=C(CN2CC(CN(C)CC(=O)O)C(F)(F)C2)NC(c2nccs2)=NC1c1ccc(F)cc1Br.CCOC(=O)C1=C(CN2CC(CN(C)CC(=O)O)C(F)(F)C2)NC(c2nccs2)=NC1c1ccc(F)cc1Cl. The van der Waals surface area contributed by atoms with Crippen molar-refractivity contribution in [3.63, 3.8) is 0 Å². The van der Waals surface area contributed by atoms with Gasteiger partial charge in [0.1, 0.15) is 23.7 Å². The Kier molecular flexibility index (Phi) is 19.9. The van der Waals surface area contributed by atoms with E-state index in [0.29, 0.717) is 43.0 Å². The van der Waals surface area contributed by atoms with Crippen LogP contribution in [-0.4, -0.2) is 180 Å². The van der Waals surface area contributed by atoms with Crippen molar-refractivity contribution < 1.29 is 65.2 Å². The summed E-state index contributed by atoms with van der Waals surface area (Å²) in [6, 6.07) is 5.82. The number of carboxylic acid groups (broad SMARTS) is 2. The molecule has 2 aromatic heterocycles. The van der Waals surface area contributed by atoms with Gasteiger partial charge in [-0.05, 0) is 57.8 Å². The minimum Gasteiger partial charge on any atom is -0.480 e. The van der Waals surface area contributed by atoms with Crippen LogP contribution < -0.4 is 10.6 Å². The van der Waals surface area contributed by atoms with Crippen LogP contribution in [0.25, 0.3) is 0 Å². The molecule has 420 valence electrons. The number of carbonyl (C=O) groups is 4. The molecule has 0 aliphatic carbocycles. The molecule has 2 saturated heterocycles. The van der Waals surface area contributed by atoms with Gasteiger partial charge in [-0.3, -0.25) is 39.2 Å². The molecular formula is C50H54BrClF6N10O8S2. The Morgan fingerprint density at radius 1 is 0.731 bits per heavy atom. The van der Waals surface area contributed by atoms with Gasteiger partial charge in [0.05, 0.1) is 50.5 Å². The first kappa shape index (κ1) is 59.8. The summed E-state index contributed by atoms with van der Waals surface area (Å²) in [6.07, 6.45) is 3.17. The van der Waals surface area contributed by atoms with Crippen molar-refractivity contribution in [2.45, 2.75) is 37.8 Å². The Balaban J connectivity index is 0.000000226. The minimum absolute atomic E-state index is 0.0210. The summed E-state index contributed by atoms with van der Waals surface area (Å²) in [4.78, 5) is 72.1. The van der Waals surface area contributed by atoms with E-state index in [2.05, 4.69) is 41.5 Å². The van der Waals surface area contributed by atoms with Crippen molar-refractivity contribution in [2.24, 2.45) is 21.8 Å². The largest absolute Gasteiger partial charge is 0.480 e. The van der Waals surface area contributed by atoms with Gasteiger partial charge in [0, 0.05) is 101 Å². The molecule has 0 amide bonds. The monoisotopic (exact) mass is 1210 g/mol. The van der Waals surface area contributed by atoms with Crippen LogP contribution >= 0.6 is 50.2 Å². The zero-order valence-electron chi connectivity index (χ0n) is 42.3. The Morgan fingerprint density at radius 2 is 1.15 bits per heavy atom. The lowest BCUT2D eigenvalue weighted by molar-refractivity contribution is -0.139. The fourth-order valence-corrected chi connectivity index (χ4v) is 11.4. The number of likely N-dealkylation sites (N-methyl/N-ethyl adjacent to an activating group) is 2. The highest BCUT2D eigenvalue weighted by Gasteiger charge is 2.50. The maximum absolute atomic E-state index is 15.0. The second kappa shape index (κ2) is 26.0. The molecule has 8 rings (SSSR count). The number of hydrogen-bond donors (Lipinski definition) is 4. The average molecular weight is 1220 g/mol. The molecular weight excluding hydrogens is 1160 g/mol. The molecule has 4 unspecified atom stereocenters. The van der Waals surface area contributed by atoms with Gasteiger partial charge in [-0.25, -0.2) is 45.9 Å². The Labute approximate surface area is 465 Å². The molecule has 0 spiro atoms. The Bertz CT molecular complexity index is 2780. The number of esters is 2. The summed E-state index contributed by atoms with van der Waals surface area (Å²) in [6.45, 7) is 1.13. The van der Waals surface area contributed by atoms with Gasteiger partial charge >= 0.3 is 23.9 Å². The molecule has 0 radical (unpaired) electrons. The summed E-state index contributed by atoms with van der Waals surface area (Å²) in [5, 5.41) is 28.8. The average Bonchev–Trinajstić information content (AvgIpc) is 4.17. The quantitative estimate of drug-likeness (QED) is 0.0520. The standard InChI is InChI=1S/C25H27BrF3N5O4S.C25H27ClF3N5O4S/c2*1-3-38-24(37)20-18(11-34-10-14(25(28,29)13-34)9-33(2)12-19(35)36)31-22(23-30-6-7-39-23)32-21(20)16-5-4-15(27)8-17(16)26/h2*4-8,14,21H,3,9-13H2,1-2H3,(H,31,32)(H,35,36). The van der Waals surface area contributed by atoms with Crippen LogP contribution in [-0.2, 0) is 28.7 Å². The molecule has 28 heteroatoms. The van der Waals surface area contributed by atoms with Crippen LogP contribution in [0.5, 0.6) is 0 Å². The molecule has 4 N–H and O–H groups in total. The molecule has 18 nitrogen and oxygen atoms in total. The van der Waals surface area contributed by atoms with E-state index in [4.69, 9.17) is 36.3 Å². The first-order chi connectivity index (χ1) is 37.0. The van der Waals surface area contributed by atoms with Gasteiger partial charge < -0.3 is 30.3 Å². The second-order valence-corrected chi connectivity index (χ2v) is 21.7. The van der Waals surface area contributed by atoms with E-state index < -0.39 is 84.4 Å². The number of alkyl halides is 4. The Hall–Kier alpha value is -5.81. The first-order valence-electron chi connectivity index (χ1n) is 24.2. The van der Waals surface area contributed by atoms with E-state index in [1.165, 1.54) is 86.7 Å². The van der Waals surface area contributed by atoms with Crippen molar-refractivity contribution in [2.75, 3.05) is 92.8 Å². The summed E-state index contributed by atoms with van der Waals surface area (Å²) in [5.41, 5.74) is 1.64. The van der Waals surface area contributed by atoms with E-state index >= 15 is 8.78 Å². The van der Waals surface area contributed by atoms with E-state index in [1.54, 1.807) is 37.0 Å². The van der Waals surface area contributed by atoms with Gasteiger partial charge in [0.2, 0.25) is 0 Å². The number of rotatable bonds is 20. The van der Waals surface area contributed by atoms with Gasteiger partial charge in [-0.1, -0.05) is 39.7 Å². The molecule has 2 aromatic carbocycles. The topological polar surface area (TPSA) is 215 Å². The zero-order chi connectivity index (χ0) is 56.6. The summed E-state index contributed by atoms with van der Waals surface area (Å²) < 4.78 is 98.8. The van der Waals surface area contributed by atoms with Crippen LogP contribution in [0, 0.1) is 23.5 Å². The number of carbonyl (C=O) groups excluding carboxylic acids is 2. The van der Waals surface area contributed by atoms with Crippen LogP contribution in [0.4, 0.5) is 26.3 Å². The number of nitrogens with one attached hydrogen (secondary N) is 2. The van der Waals surface area contributed by atoms with Crippen molar-refractivity contribution in [1.82, 2.24) is 40.2 Å². The summed E-state index contributed by atoms with van der Waals surface area (Å²) in [5.74, 6) is -12.4. The maximum atomic E-state index is 15.0. The fourth-order valence-electron chi connectivity index (χ4n) is 9.42. The molecule has 0 bridgehead atoms. The number of halogens is 8. The number of amidine groups is 2. The fraction of sp³-hybridized carbons (Fsp3) is 0.440.